The summed E-state index contributed by atoms with van der Waals surface area (Å²) in [6, 6.07) is 6.80. The van der Waals surface area contributed by atoms with Gasteiger partial charge in [0.2, 0.25) is 0 Å². The van der Waals surface area contributed by atoms with E-state index in [1.807, 2.05) is 6.07 Å². The van der Waals surface area contributed by atoms with E-state index >= 15 is 0 Å². The molecule has 1 N–H and O–H groups in total. The van der Waals surface area contributed by atoms with Crippen molar-refractivity contribution in [2.75, 3.05) is 6.54 Å². The Kier molecular flexibility index (Phi) is 3.55. The molecule has 1 aliphatic rings. The fourth-order valence-electron chi connectivity index (χ4n) is 2.60. The molecule has 1 amide bonds. The van der Waals surface area contributed by atoms with Crippen LogP contribution < -0.4 is 0 Å². The van der Waals surface area contributed by atoms with E-state index in [0.29, 0.717) is 35.3 Å². The smallest absolute Gasteiger partial charge is 0.335 e. The molecule has 0 saturated carbocycles. The number of amides is 1. The third-order valence-electron chi connectivity index (χ3n) is 3.63. The quantitative estimate of drug-likeness (QED) is 0.904. The van der Waals surface area contributed by atoms with Crippen molar-refractivity contribution in [1.29, 1.82) is 0 Å². The molecule has 2 aromatic rings. The van der Waals surface area contributed by atoms with E-state index in [1.54, 1.807) is 23.1 Å². The van der Waals surface area contributed by atoms with Crippen molar-refractivity contribution in [3.8, 4) is 0 Å². The number of hydrogen-bond donors (Lipinski definition) is 1. The number of fused-ring (bicyclic) bond motifs is 1. The van der Waals surface area contributed by atoms with Gasteiger partial charge in [-0.1, -0.05) is 12.1 Å². The summed E-state index contributed by atoms with van der Waals surface area (Å²) >= 11 is 3.20. The van der Waals surface area contributed by atoms with Crippen molar-refractivity contribution < 1.29 is 19.1 Å². The molecule has 0 aliphatic carbocycles. The summed E-state index contributed by atoms with van der Waals surface area (Å²) in [5.41, 5.74) is 2.51. The summed E-state index contributed by atoms with van der Waals surface area (Å²) < 4.78 is 5.50. The van der Waals surface area contributed by atoms with Crippen LogP contribution in [0, 0.1) is 0 Å². The van der Waals surface area contributed by atoms with Crippen molar-refractivity contribution in [3.05, 3.63) is 57.5 Å². The monoisotopic (exact) mass is 349 g/mol. The standard InChI is InChI=1S/C15H12BrNO4/c16-13-12(5-7-21-13)14(18)17-6-4-10-9(8-17)2-1-3-11(10)15(19)20/h1-3,5,7H,4,6,8H2,(H,19,20). The van der Waals surface area contributed by atoms with E-state index in [4.69, 9.17) is 4.42 Å². The van der Waals surface area contributed by atoms with Gasteiger partial charge in [0.1, 0.15) is 0 Å². The molecular formula is C15H12BrNO4. The normalized spacial score (nSPS) is 13.9. The third kappa shape index (κ3) is 2.47. The van der Waals surface area contributed by atoms with E-state index in [-0.39, 0.29) is 5.91 Å². The number of benzene rings is 1. The summed E-state index contributed by atoms with van der Waals surface area (Å²) in [4.78, 5) is 25.3. The second kappa shape index (κ2) is 5.37. The molecule has 3 rings (SSSR count). The first-order valence-corrected chi connectivity index (χ1v) is 7.23. The highest BCUT2D eigenvalue weighted by atomic mass is 79.9. The zero-order chi connectivity index (χ0) is 15.0. The van der Waals surface area contributed by atoms with Crippen LogP contribution in [-0.4, -0.2) is 28.4 Å². The minimum atomic E-state index is -0.927. The molecule has 1 aliphatic heterocycles. The molecule has 21 heavy (non-hydrogen) atoms. The van der Waals surface area contributed by atoms with Crippen LogP contribution in [0.1, 0.15) is 31.8 Å². The minimum Gasteiger partial charge on any atom is -0.478 e. The first-order chi connectivity index (χ1) is 10.1. The van der Waals surface area contributed by atoms with E-state index in [1.165, 1.54) is 6.26 Å². The number of nitrogens with zero attached hydrogens (tertiary/aromatic N) is 1. The van der Waals surface area contributed by atoms with Crippen molar-refractivity contribution >= 4 is 27.8 Å². The van der Waals surface area contributed by atoms with Gasteiger partial charge in [-0.3, -0.25) is 4.79 Å². The zero-order valence-electron chi connectivity index (χ0n) is 11.0. The third-order valence-corrected chi connectivity index (χ3v) is 4.25. The van der Waals surface area contributed by atoms with Gasteiger partial charge in [-0.15, -0.1) is 0 Å². The molecule has 5 nitrogen and oxygen atoms in total. The summed E-state index contributed by atoms with van der Waals surface area (Å²) in [6.45, 7) is 0.903. The molecule has 2 heterocycles. The number of hydrogen-bond acceptors (Lipinski definition) is 3. The molecule has 1 aromatic carbocycles. The van der Waals surface area contributed by atoms with E-state index in [0.717, 1.165) is 11.1 Å². The Bertz CT molecular complexity index is 722. The van der Waals surface area contributed by atoms with Crippen molar-refractivity contribution in [1.82, 2.24) is 4.90 Å². The number of furan rings is 1. The Morgan fingerprint density at radius 2 is 2.05 bits per heavy atom. The summed E-state index contributed by atoms with van der Waals surface area (Å²) in [5, 5.41) is 9.20. The molecule has 0 atom stereocenters. The van der Waals surface area contributed by atoms with Gasteiger partial charge >= 0.3 is 5.97 Å². The van der Waals surface area contributed by atoms with Crippen molar-refractivity contribution in [2.24, 2.45) is 0 Å². The second-order valence-electron chi connectivity index (χ2n) is 4.83. The highest BCUT2D eigenvalue weighted by Crippen LogP contribution is 2.26. The lowest BCUT2D eigenvalue weighted by Crippen LogP contribution is -2.36. The Morgan fingerprint density at radius 1 is 1.24 bits per heavy atom. The molecular weight excluding hydrogens is 338 g/mol. The van der Waals surface area contributed by atoms with Crippen LogP contribution in [0.5, 0.6) is 0 Å². The lowest BCUT2D eigenvalue weighted by atomic mass is 9.94. The highest BCUT2D eigenvalue weighted by Gasteiger charge is 2.26. The Hall–Kier alpha value is -2.08. The van der Waals surface area contributed by atoms with E-state index in [2.05, 4.69) is 15.9 Å². The fraction of sp³-hybridized carbons (Fsp3) is 0.200. The molecule has 6 heteroatoms. The predicted molar refractivity (Wildman–Crippen MR) is 78.3 cm³/mol. The Balaban J connectivity index is 1.89. The van der Waals surface area contributed by atoms with Crippen LogP contribution in [0.15, 0.2) is 39.6 Å². The van der Waals surface area contributed by atoms with Gasteiger partial charge in [-0.2, -0.15) is 0 Å². The SMILES string of the molecule is O=C(O)c1cccc2c1CCN(C(=O)c1ccoc1Br)C2. The van der Waals surface area contributed by atoms with Gasteiger partial charge in [-0.05, 0) is 45.6 Å². The number of rotatable bonds is 2. The summed E-state index contributed by atoms with van der Waals surface area (Å²) in [7, 11) is 0. The van der Waals surface area contributed by atoms with Crippen LogP contribution in [0.25, 0.3) is 0 Å². The summed E-state index contributed by atoms with van der Waals surface area (Å²) in [5.74, 6) is -1.05. The topological polar surface area (TPSA) is 70.8 Å². The molecule has 0 fully saturated rings. The van der Waals surface area contributed by atoms with Gasteiger partial charge in [0.15, 0.2) is 4.67 Å². The average Bonchev–Trinajstić information content (AvgIpc) is 2.91. The molecule has 0 saturated heterocycles. The number of carbonyl (C=O) groups is 2. The van der Waals surface area contributed by atoms with E-state index < -0.39 is 5.97 Å². The Labute approximate surface area is 129 Å². The van der Waals surface area contributed by atoms with Crippen LogP contribution in [0.2, 0.25) is 0 Å². The first-order valence-electron chi connectivity index (χ1n) is 6.44. The number of halogens is 1. The lowest BCUT2D eigenvalue weighted by Gasteiger charge is -2.29. The van der Waals surface area contributed by atoms with Gasteiger partial charge in [-0.25, -0.2) is 4.79 Å². The fourth-order valence-corrected chi connectivity index (χ4v) is 3.01. The van der Waals surface area contributed by atoms with Gasteiger partial charge in [0, 0.05) is 13.1 Å². The van der Waals surface area contributed by atoms with Crippen molar-refractivity contribution in [3.63, 3.8) is 0 Å². The van der Waals surface area contributed by atoms with Gasteiger partial charge in [0.25, 0.3) is 5.91 Å². The molecule has 1 aromatic heterocycles. The van der Waals surface area contributed by atoms with Gasteiger partial charge in [0.05, 0.1) is 17.4 Å². The highest BCUT2D eigenvalue weighted by molar-refractivity contribution is 9.10. The minimum absolute atomic E-state index is 0.123. The van der Waals surface area contributed by atoms with Crippen LogP contribution in [-0.2, 0) is 13.0 Å². The summed E-state index contributed by atoms with van der Waals surface area (Å²) in [6.07, 6.45) is 2.00. The van der Waals surface area contributed by atoms with Gasteiger partial charge < -0.3 is 14.4 Å². The van der Waals surface area contributed by atoms with E-state index in [9.17, 15) is 14.7 Å². The molecule has 0 radical (unpaired) electrons. The number of carboxylic acids is 1. The molecule has 0 bridgehead atoms. The maximum atomic E-state index is 12.4. The lowest BCUT2D eigenvalue weighted by molar-refractivity contribution is 0.0694. The molecule has 0 unspecified atom stereocenters. The zero-order valence-corrected chi connectivity index (χ0v) is 12.6. The van der Waals surface area contributed by atoms with Crippen LogP contribution in [0.4, 0.5) is 0 Å². The second-order valence-corrected chi connectivity index (χ2v) is 5.55. The maximum Gasteiger partial charge on any atom is 0.335 e. The molecule has 108 valence electrons. The number of aromatic carboxylic acids is 1. The predicted octanol–water partition coefficient (Wildman–Crippen LogP) is 2.94. The van der Waals surface area contributed by atoms with Crippen molar-refractivity contribution in [2.45, 2.75) is 13.0 Å². The average molecular weight is 350 g/mol. The molecule has 0 spiro atoms. The number of carboxylic acid groups (broad SMARTS) is 1. The Morgan fingerprint density at radius 3 is 2.71 bits per heavy atom. The first kappa shape index (κ1) is 13.9. The van der Waals surface area contributed by atoms with Crippen LogP contribution >= 0.6 is 15.9 Å². The maximum absolute atomic E-state index is 12.4. The number of carbonyl (C=O) groups excluding carboxylic acids is 1. The van der Waals surface area contributed by atoms with Crippen LogP contribution in [0.3, 0.4) is 0 Å². The largest absolute Gasteiger partial charge is 0.478 e.